The molecule has 1 fully saturated rings. The highest BCUT2D eigenvalue weighted by molar-refractivity contribution is 7.89. The van der Waals surface area contributed by atoms with Gasteiger partial charge in [0.2, 0.25) is 16.8 Å². The van der Waals surface area contributed by atoms with Crippen LogP contribution in [0.5, 0.6) is 17.2 Å². The summed E-state index contributed by atoms with van der Waals surface area (Å²) in [6.07, 6.45) is 0.553. The summed E-state index contributed by atoms with van der Waals surface area (Å²) in [7, 11) is -2.46. The minimum Gasteiger partial charge on any atom is -0.495 e. The molecule has 5 rings (SSSR count). The number of carbonyl (C=O) groups excluding carboxylic acids is 1. The Hall–Kier alpha value is -3.60. The number of piperazine rings is 1. The Labute approximate surface area is 223 Å². The van der Waals surface area contributed by atoms with E-state index < -0.39 is 10.0 Å². The van der Waals surface area contributed by atoms with Gasteiger partial charge in [0.05, 0.1) is 7.11 Å². The largest absolute Gasteiger partial charge is 0.495 e. The van der Waals surface area contributed by atoms with Crippen LogP contribution in [0, 0.1) is 0 Å². The Morgan fingerprint density at radius 2 is 1.68 bits per heavy atom. The smallest absolute Gasteiger partial charge is 0.253 e. The molecule has 2 aliphatic heterocycles. The van der Waals surface area contributed by atoms with Crippen LogP contribution in [-0.2, 0) is 23.0 Å². The summed E-state index contributed by atoms with van der Waals surface area (Å²) in [5.74, 6) is 1.52. The van der Waals surface area contributed by atoms with Gasteiger partial charge in [-0.15, -0.1) is 0 Å². The number of ether oxygens (including phenoxy) is 3. The van der Waals surface area contributed by atoms with Crippen LogP contribution in [-0.4, -0.2) is 70.8 Å². The quantitative estimate of drug-likeness (QED) is 0.448. The number of hydrogen-bond donors (Lipinski definition) is 1. The van der Waals surface area contributed by atoms with E-state index in [1.165, 1.54) is 19.2 Å². The van der Waals surface area contributed by atoms with Crippen LogP contribution in [0.3, 0.4) is 0 Å². The highest BCUT2D eigenvalue weighted by atomic mass is 32.2. The first kappa shape index (κ1) is 26.0. The van der Waals surface area contributed by atoms with E-state index >= 15 is 0 Å². The second-order valence-corrected chi connectivity index (χ2v) is 11.0. The molecule has 0 unspecified atom stereocenters. The van der Waals surface area contributed by atoms with Crippen LogP contribution >= 0.6 is 0 Å². The molecule has 0 saturated carbocycles. The Morgan fingerprint density at radius 3 is 2.45 bits per heavy atom. The van der Waals surface area contributed by atoms with Gasteiger partial charge in [-0.25, -0.2) is 13.1 Å². The summed E-state index contributed by atoms with van der Waals surface area (Å²) in [6.45, 7) is 3.75. The molecule has 0 aromatic heterocycles. The van der Waals surface area contributed by atoms with Crippen LogP contribution < -0.4 is 18.9 Å². The average molecular weight is 538 g/mol. The highest BCUT2D eigenvalue weighted by Crippen LogP contribution is 2.33. The van der Waals surface area contributed by atoms with E-state index in [9.17, 15) is 13.2 Å². The van der Waals surface area contributed by atoms with Crippen molar-refractivity contribution in [1.29, 1.82) is 0 Å². The predicted octanol–water partition coefficient (Wildman–Crippen LogP) is 2.90. The molecule has 3 aromatic carbocycles. The first-order valence-corrected chi connectivity index (χ1v) is 14.0. The Balaban J connectivity index is 1.21. The number of sulfonamides is 1. The fourth-order valence-electron chi connectivity index (χ4n) is 4.66. The van der Waals surface area contributed by atoms with Crippen LogP contribution in [0.1, 0.15) is 21.5 Å². The lowest BCUT2D eigenvalue weighted by atomic mass is 10.1. The summed E-state index contributed by atoms with van der Waals surface area (Å²) in [5.41, 5.74) is 2.47. The van der Waals surface area contributed by atoms with Gasteiger partial charge in [-0.3, -0.25) is 9.69 Å². The molecule has 3 aromatic rings. The van der Waals surface area contributed by atoms with Crippen molar-refractivity contribution in [2.75, 3.05) is 46.6 Å². The van der Waals surface area contributed by atoms with Gasteiger partial charge in [0.25, 0.3) is 5.91 Å². The second kappa shape index (κ2) is 11.4. The Bertz CT molecular complexity index is 1390. The number of amides is 1. The molecule has 9 nitrogen and oxygen atoms in total. The summed E-state index contributed by atoms with van der Waals surface area (Å²) in [6, 6.07) is 20.1. The van der Waals surface area contributed by atoms with Gasteiger partial charge in [-0.05, 0) is 47.9 Å². The summed E-state index contributed by atoms with van der Waals surface area (Å²) >= 11 is 0. The molecule has 0 radical (unpaired) electrons. The lowest BCUT2D eigenvalue weighted by Gasteiger charge is -2.35. The minimum atomic E-state index is -3.88. The van der Waals surface area contributed by atoms with Gasteiger partial charge in [0, 0.05) is 44.8 Å². The fraction of sp³-hybridized carbons (Fsp3) is 0.321. The van der Waals surface area contributed by atoms with Crippen molar-refractivity contribution >= 4 is 15.9 Å². The third-order valence-electron chi connectivity index (χ3n) is 6.75. The Morgan fingerprint density at radius 1 is 0.921 bits per heavy atom. The normalized spacial score (nSPS) is 15.4. The summed E-state index contributed by atoms with van der Waals surface area (Å²) < 4.78 is 45.0. The molecule has 1 amide bonds. The molecular formula is C28H31N3O6S. The SMILES string of the molecule is COc1ccc(C(=O)N2CCN(Cc3ccc4c(c3)OCO4)CC2)cc1S(=O)(=O)NCCc1ccccc1. The van der Waals surface area contributed by atoms with Crippen LogP contribution in [0.15, 0.2) is 71.6 Å². The van der Waals surface area contributed by atoms with Gasteiger partial charge in [-0.2, -0.15) is 0 Å². The van der Waals surface area contributed by atoms with E-state index in [1.807, 2.05) is 48.5 Å². The topological polar surface area (TPSA) is 97.4 Å². The number of hydrogen-bond acceptors (Lipinski definition) is 7. The zero-order chi connectivity index (χ0) is 26.5. The van der Waals surface area contributed by atoms with E-state index in [0.29, 0.717) is 38.2 Å². The van der Waals surface area contributed by atoms with E-state index in [4.69, 9.17) is 14.2 Å². The number of benzene rings is 3. The van der Waals surface area contributed by atoms with Crippen molar-refractivity contribution in [3.05, 3.63) is 83.4 Å². The highest BCUT2D eigenvalue weighted by Gasteiger charge is 2.26. The average Bonchev–Trinajstić information content (AvgIpc) is 3.41. The second-order valence-electron chi connectivity index (χ2n) is 9.25. The van der Waals surface area contributed by atoms with E-state index in [2.05, 4.69) is 9.62 Å². The van der Waals surface area contributed by atoms with Crippen molar-refractivity contribution in [3.8, 4) is 17.2 Å². The van der Waals surface area contributed by atoms with Gasteiger partial charge < -0.3 is 19.1 Å². The Kier molecular flexibility index (Phi) is 7.82. The monoisotopic (exact) mass is 537 g/mol. The zero-order valence-electron chi connectivity index (χ0n) is 21.3. The number of carbonyl (C=O) groups is 1. The molecule has 38 heavy (non-hydrogen) atoms. The van der Waals surface area contributed by atoms with Crippen LogP contribution in [0.2, 0.25) is 0 Å². The maximum atomic E-state index is 13.3. The molecule has 2 aliphatic rings. The first-order chi connectivity index (χ1) is 18.4. The first-order valence-electron chi connectivity index (χ1n) is 12.5. The van der Waals surface area contributed by atoms with Gasteiger partial charge in [0.15, 0.2) is 11.5 Å². The van der Waals surface area contributed by atoms with Gasteiger partial charge in [0.1, 0.15) is 10.6 Å². The van der Waals surface area contributed by atoms with Gasteiger partial charge >= 0.3 is 0 Å². The number of methoxy groups -OCH3 is 1. The number of nitrogens with zero attached hydrogens (tertiary/aromatic N) is 2. The maximum Gasteiger partial charge on any atom is 0.253 e. The van der Waals surface area contributed by atoms with Crippen molar-refractivity contribution in [2.45, 2.75) is 17.9 Å². The molecular weight excluding hydrogens is 506 g/mol. The molecule has 1 saturated heterocycles. The maximum absolute atomic E-state index is 13.3. The van der Waals surface area contributed by atoms with Crippen molar-refractivity contribution in [2.24, 2.45) is 0 Å². The van der Waals surface area contributed by atoms with E-state index in [1.54, 1.807) is 11.0 Å². The molecule has 0 bridgehead atoms. The minimum absolute atomic E-state index is 0.0413. The van der Waals surface area contributed by atoms with Gasteiger partial charge in [-0.1, -0.05) is 36.4 Å². The summed E-state index contributed by atoms with van der Waals surface area (Å²) in [5, 5.41) is 0. The zero-order valence-corrected chi connectivity index (χ0v) is 22.1. The molecule has 0 atom stereocenters. The fourth-order valence-corrected chi connectivity index (χ4v) is 5.89. The third kappa shape index (κ3) is 5.93. The third-order valence-corrected chi connectivity index (χ3v) is 8.23. The lowest BCUT2D eigenvalue weighted by molar-refractivity contribution is 0.0628. The predicted molar refractivity (Wildman–Crippen MR) is 142 cm³/mol. The van der Waals surface area contributed by atoms with Crippen molar-refractivity contribution in [1.82, 2.24) is 14.5 Å². The standard InChI is InChI=1S/C28H31N3O6S/c1-35-25-10-8-23(18-27(25)38(33,34)29-12-11-21-5-3-2-4-6-21)28(32)31-15-13-30(14-16-31)19-22-7-9-24-26(17-22)37-20-36-24/h2-10,17-18,29H,11-16,19-20H2,1H3. The number of nitrogens with one attached hydrogen (secondary N) is 1. The molecule has 200 valence electrons. The number of fused-ring (bicyclic) bond motifs is 1. The van der Waals surface area contributed by atoms with E-state index in [-0.39, 0.29) is 29.9 Å². The molecule has 1 N–H and O–H groups in total. The molecule has 0 aliphatic carbocycles. The molecule has 2 heterocycles. The summed E-state index contributed by atoms with van der Waals surface area (Å²) in [4.78, 5) is 17.3. The molecule has 0 spiro atoms. The number of rotatable bonds is 9. The van der Waals surface area contributed by atoms with E-state index in [0.717, 1.165) is 29.2 Å². The van der Waals surface area contributed by atoms with Crippen molar-refractivity contribution < 1.29 is 27.4 Å². The van der Waals surface area contributed by atoms with Crippen LogP contribution in [0.25, 0.3) is 0 Å². The molecule has 10 heteroatoms. The lowest BCUT2D eigenvalue weighted by Crippen LogP contribution is -2.48. The van der Waals surface area contributed by atoms with Crippen molar-refractivity contribution in [3.63, 3.8) is 0 Å². The van der Waals surface area contributed by atoms with Crippen LogP contribution in [0.4, 0.5) is 0 Å².